The molecule has 1 saturated carbocycles. The number of nitrogens with one attached hydrogen (secondary N) is 1. The first kappa shape index (κ1) is 13.3. The number of amides is 1. The monoisotopic (exact) mass is 268 g/mol. The summed E-state index contributed by atoms with van der Waals surface area (Å²) in [5, 5.41) is 3.65. The maximum atomic E-state index is 12.6. The number of hydrogen-bond donors (Lipinski definition) is 1. The van der Waals surface area contributed by atoms with E-state index in [0.717, 1.165) is 25.0 Å². The van der Waals surface area contributed by atoms with Crippen molar-refractivity contribution in [3.05, 3.63) is 29.8 Å². The van der Waals surface area contributed by atoms with Crippen LogP contribution in [0.1, 0.15) is 36.5 Å². The van der Waals surface area contributed by atoms with Crippen LogP contribution in [0, 0.1) is 5.95 Å². The Kier molecular flexibility index (Phi) is 4.58. The molecule has 98 valence electrons. The van der Waals surface area contributed by atoms with E-state index in [-0.39, 0.29) is 11.9 Å². The Morgan fingerprint density at radius 3 is 3.06 bits per heavy atom. The molecule has 1 amide bonds. The van der Waals surface area contributed by atoms with Gasteiger partial charge in [0, 0.05) is 17.5 Å². The van der Waals surface area contributed by atoms with E-state index in [2.05, 4.69) is 17.2 Å². The van der Waals surface area contributed by atoms with Crippen LogP contribution in [0.3, 0.4) is 0 Å². The highest BCUT2D eigenvalue weighted by molar-refractivity contribution is 7.99. The summed E-state index contributed by atoms with van der Waals surface area (Å²) < 4.78 is 12.6. The molecule has 0 radical (unpaired) electrons. The fraction of sp³-hybridized carbons (Fsp3) is 0.538. The largest absolute Gasteiger partial charge is 0.349 e. The summed E-state index contributed by atoms with van der Waals surface area (Å²) in [7, 11) is 0. The molecule has 1 fully saturated rings. The van der Waals surface area contributed by atoms with Crippen LogP contribution in [0.4, 0.5) is 4.39 Å². The van der Waals surface area contributed by atoms with Crippen LogP contribution in [0.25, 0.3) is 0 Å². The molecule has 2 rings (SSSR count). The zero-order chi connectivity index (χ0) is 13.0. The fourth-order valence-electron chi connectivity index (χ4n) is 2.24. The molecular weight excluding hydrogens is 251 g/mol. The van der Waals surface area contributed by atoms with Crippen LogP contribution < -0.4 is 5.32 Å². The molecule has 2 unspecified atom stereocenters. The van der Waals surface area contributed by atoms with Crippen molar-refractivity contribution in [3.8, 4) is 0 Å². The molecule has 1 aliphatic carbocycles. The summed E-state index contributed by atoms with van der Waals surface area (Å²) in [5.41, 5.74) is 0.419. The topological polar surface area (TPSA) is 42.0 Å². The van der Waals surface area contributed by atoms with E-state index in [1.807, 2.05) is 11.8 Å². The minimum Gasteiger partial charge on any atom is -0.349 e. The summed E-state index contributed by atoms with van der Waals surface area (Å²) in [6, 6.07) is 2.91. The lowest BCUT2D eigenvalue weighted by Crippen LogP contribution is -2.33. The molecule has 1 N–H and O–H groups in total. The van der Waals surface area contributed by atoms with Gasteiger partial charge in [-0.05, 0) is 37.1 Å². The number of nitrogens with zero attached hydrogens (tertiary/aromatic N) is 1. The second-order valence-electron chi connectivity index (χ2n) is 4.43. The highest BCUT2D eigenvalue weighted by Gasteiger charge is 2.25. The summed E-state index contributed by atoms with van der Waals surface area (Å²) in [5.74, 6) is 0.397. The van der Waals surface area contributed by atoms with Gasteiger partial charge < -0.3 is 5.32 Å². The molecule has 5 heteroatoms. The van der Waals surface area contributed by atoms with Crippen LogP contribution in [-0.2, 0) is 0 Å². The third-order valence-electron chi connectivity index (χ3n) is 3.11. The van der Waals surface area contributed by atoms with E-state index in [9.17, 15) is 9.18 Å². The van der Waals surface area contributed by atoms with Crippen LogP contribution in [-0.4, -0.2) is 27.9 Å². The Morgan fingerprint density at radius 1 is 1.56 bits per heavy atom. The molecule has 0 aliphatic heterocycles. The smallest absolute Gasteiger partial charge is 0.253 e. The molecular formula is C13H17FN2OS. The van der Waals surface area contributed by atoms with Gasteiger partial charge in [0.2, 0.25) is 5.95 Å². The zero-order valence-corrected chi connectivity index (χ0v) is 11.2. The Labute approximate surface area is 111 Å². The molecule has 0 bridgehead atoms. The van der Waals surface area contributed by atoms with Crippen LogP contribution in [0.5, 0.6) is 0 Å². The highest BCUT2D eigenvalue weighted by Crippen LogP contribution is 2.29. The average Bonchev–Trinajstić information content (AvgIpc) is 2.78. The number of halogens is 1. The molecule has 1 aromatic heterocycles. The van der Waals surface area contributed by atoms with Crippen molar-refractivity contribution in [1.82, 2.24) is 10.3 Å². The Bertz CT molecular complexity index is 410. The first-order valence-corrected chi connectivity index (χ1v) is 7.28. The molecule has 0 saturated heterocycles. The van der Waals surface area contributed by atoms with Crippen molar-refractivity contribution in [2.45, 2.75) is 37.5 Å². The molecule has 1 heterocycles. The molecule has 18 heavy (non-hydrogen) atoms. The molecule has 0 spiro atoms. The quantitative estimate of drug-likeness (QED) is 0.854. The lowest BCUT2D eigenvalue weighted by atomic mass is 10.2. The van der Waals surface area contributed by atoms with Crippen molar-refractivity contribution in [2.24, 2.45) is 0 Å². The zero-order valence-electron chi connectivity index (χ0n) is 10.4. The predicted octanol–water partition coefficient (Wildman–Crippen LogP) is 2.62. The molecule has 3 nitrogen and oxygen atoms in total. The van der Waals surface area contributed by atoms with Gasteiger partial charge >= 0.3 is 0 Å². The van der Waals surface area contributed by atoms with Crippen molar-refractivity contribution < 1.29 is 9.18 Å². The minimum absolute atomic E-state index is 0.158. The standard InChI is InChI=1S/C13H17FN2OS/c1-2-18-11-5-4-10(7-11)16-13(17)9-3-6-12(14)15-8-9/h3,6,8,10-11H,2,4-5,7H2,1H3,(H,16,17). The van der Waals surface area contributed by atoms with Gasteiger partial charge in [0.15, 0.2) is 0 Å². The van der Waals surface area contributed by atoms with Gasteiger partial charge in [-0.1, -0.05) is 6.92 Å². The average molecular weight is 268 g/mol. The van der Waals surface area contributed by atoms with Crippen LogP contribution in [0.2, 0.25) is 0 Å². The number of carbonyl (C=O) groups is 1. The first-order chi connectivity index (χ1) is 8.69. The number of aromatic nitrogens is 1. The van der Waals surface area contributed by atoms with Crippen molar-refractivity contribution in [1.29, 1.82) is 0 Å². The van der Waals surface area contributed by atoms with E-state index < -0.39 is 5.95 Å². The van der Waals surface area contributed by atoms with Crippen molar-refractivity contribution >= 4 is 17.7 Å². The Morgan fingerprint density at radius 2 is 2.39 bits per heavy atom. The molecule has 1 aliphatic rings. The second-order valence-corrected chi connectivity index (χ2v) is 6.01. The molecule has 0 aromatic carbocycles. The second kappa shape index (κ2) is 6.18. The third kappa shape index (κ3) is 3.45. The Hall–Kier alpha value is -1.10. The van der Waals surface area contributed by atoms with E-state index in [1.165, 1.54) is 18.3 Å². The number of hydrogen-bond acceptors (Lipinski definition) is 3. The maximum absolute atomic E-state index is 12.6. The lowest BCUT2D eigenvalue weighted by Gasteiger charge is -2.12. The lowest BCUT2D eigenvalue weighted by molar-refractivity contribution is 0.0937. The molecule has 2 atom stereocenters. The van der Waals surface area contributed by atoms with Crippen LogP contribution >= 0.6 is 11.8 Å². The van der Waals surface area contributed by atoms with E-state index in [0.29, 0.717) is 10.8 Å². The summed E-state index contributed by atoms with van der Waals surface area (Å²) >= 11 is 1.95. The van der Waals surface area contributed by atoms with Gasteiger partial charge in [0.1, 0.15) is 0 Å². The third-order valence-corrected chi connectivity index (χ3v) is 4.34. The van der Waals surface area contributed by atoms with Crippen molar-refractivity contribution in [2.75, 3.05) is 5.75 Å². The van der Waals surface area contributed by atoms with Gasteiger partial charge in [-0.3, -0.25) is 4.79 Å². The number of thioether (sulfide) groups is 1. The highest BCUT2D eigenvalue weighted by atomic mass is 32.2. The number of rotatable bonds is 4. The number of carbonyl (C=O) groups excluding carboxylic acids is 1. The maximum Gasteiger partial charge on any atom is 0.253 e. The van der Waals surface area contributed by atoms with Crippen molar-refractivity contribution in [3.63, 3.8) is 0 Å². The predicted molar refractivity (Wildman–Crippen MR) is 71.2 cm³/mol. The SMILES string of the molecule is CCSC1CCC(NC(=O)c2ccc(F)nc2)C1. The van der Waals surface area contributed by atoms with Gasteiger partial charge in [-0.15, -0.1) is 0 Å². The number of pyridine rings is 1. The van der Waals surface area contributed by atoms with E-state index in [1.54, 1.807) is 0 Å². The van der Waals surface area contributed by atoms with Gasteiger partial charge in [0.05, 0.1) is 5.56 Å². The van der Waals surface area contributed by atoms with E-state index >= 15 is 0 Å². The van der Waals surface area contributed by atoms with Gasteiger partial charge in [0.25, 0.3) is 5.91 Å². The summed E-state index contributed by atoms with van der Waals surface area (Å²) in [6.45, 7) is 2.15. The van der Waals surface area contributed by atoms with Gasteiger partial charge in [-0.2, -0.15) is 16.2 Å². The first-order valence-electron chi connectivity index (χ1n) is 6.23. The minimum atomic E-state index is -0.563. The fourth-order valence-corrected chi connectivity index (χ4v) is 3.38. The summed E-state index contributed by atoms with van der Waals surface area (Å²) in [6.07, 6.45) is 4.49. The Balaban J connectivity index is 1.87. The van der Waals surface area contributed by atoms with E-state index in [4.69, 9.17) is 0 Å². The summed E-state index contributed by atoms with van der Waals surface area (Å²) in [4.78, 5) is 15.4. The normalized spacial score (nSPS) is 23.0. The molecule has 1 aromatic rings. The van der Waals surface area contributed by atoms with Crippen LogP contribution in [0.15, 0.2) is 18.3 Å². The van der Waals surface area contributed by atoms with Gasteiger partial charge in [-0.25, -0.2) is 4.98 Å².